The summed E-state index contributed by atoms with van der Waals surface area (Å²) in [6.45, 7) is 2.26. The SMILES string of the molecule is N#Cc1ccc(F)cc1CN1CCOCC1CC(O)c1ccccc1. The van der Waals surface area contributed by atoms with Gasteiger partial charge in [0.15, 0.2) is 0 Å². The van der Waals surface area contributed by atoms with E-state index in [9.17, 15) is 14.8 Å². The van der Waals surface area contributed by atoms with Crippen molar-refractivity contribution < 1.29 is 14.2 Å². The van der Waals surface area contributed by atoms with Crippen LogP contribution in [0.25, 0.3) is 0 Å². The summed E-state index contributed by atoms with van der Waals surface area (Å²) in [5.41, 5.74) is 2.02. The molecule has 2 aromatic rings. The lowest BCUT2D eigenvalue weighted by atomic mass is 9.99. The molecule has 0 aliphatic carbocycles. The molecule has 0 saturated carbocycles. The van der Waals surface area contributed by atoms with Crippen molar-refractivity contribution in [3.8, 4) is 6.07 Å². The van der Waals surface area contributed by atoms with E-state index < -0.39 is 6.10 Å². The maximum Gasteiger partial charge on any atom is 0.123 e. The van der Waals surface area contributed by atoms with Crippen molar-refractivity contribution >= 4 is 0 Å². The molecule has 130 valence electrons. The predicted molar refractivity (Wildman–Crippen MR) is 92.2 cm³/mol. The van der Waals surface area contributed by atoms with Gasteiger partial charge in [0, 0.05) is 19.1 Å². The molecule has 5 heteroatoms. The first-order valence-corrected chi connectivity index (χ1v) is 8.40. The minimum Gasteiger partial charge on any atom is -0.388 e. The molecule has 1 heterocycles. The van der Waals surface area contributed by atoms with Crippen molar-refractivity contribution in [2.75, 3.05) is 19.8 Å². The molecule has 0 spiro atoms. The van der Waals surface area contributed by atoms with Crippen LogP contribution >= 0.6 is 0 Å². The molecular weight excluding hydrogens is 319 g/mol. The van der Waals surface area contributed by atoms with Crippen molar-refractivity contribution in [1.82, 2.24) is 4.90 Å². The second-order valence-corrected chi connectivity index (χ2v) is 6.27. The third-order valence-electron chi connectivity index (χ3n) is 4.59. The fraction of sp³-hybridized carbons (Fsp3) is 0.350. The molecule has 0 amide bonds. The maximum atomic E-state index is 13.6. The van der Waals surface area contributed by atoms with Crippen LogP contribution in [0.15, 0.2) is 48.5 Å². The molecule has 0 aromatic heterocycles. The van der Waals surface area contributed by atoms with Crippen molar-refractivity contribution in [3.63, 3.8) is 0 Å². The quantitative estimate of drug-likeness (QED) is 0.909. The van der Waals surface area contributed by atoms with Crippen LogP contribution in [-0.2, 0) is 11.3 Å². The van der Waals surface area contributed by atoms with Gasteiger partial charge in [-0.2, -0.15) is 5.26 Å². The van der Waals surface area contributed by atoms with Gasteiger partial charge in [-0.3, -0.25) is 4.90 Å². The number of ether oxygens (including phenoxy) is 1. The Bertz CT molecular complexity index is 745. The molecule has 25 heavy (non-hydrogen) atoms. The first-order valence-electron chi connectivity index (χ1n) is 8.40. The zero-order valence-electron chi connectivity index (χ0n) is 13.9. The number of nitrogens with zero attached hydrogens (tertiary/aromatic N) is 2. The minimum atomic E-state index is -0.585. The van der Waals surface area contributed by atoms with E-state index in [0.717, 1.165) is 5.56 Å². The van der Waals surface area contributed by atoms with Gasteiger partial charge >= 0.3 is 0 Å². The molecule has 2 atom stereocenters. The predicted octanol–water partition coefficient (Wildman–Crippen LogP) is 3.02. The van der Waals surface area contributed by atoms with Crippen molar-refractivity contribution in [1.29, 1.82) is 5.26 Å². The Balaban J connectivity index is 1.73. The molecule has 0 bridgehead atoms. The number of hydrogen-bond acceptors (Lipinski definition) is 4. The second-order valence-electron chi connectivity index (χ2n) is 6.27. The highest BCUT2D eigenvalue weighted by Crippen LogP contribution is 2.24. The van der Waals surface area contributed by atoms with Gasteiger partial charge in [0.05, 0.1) is 31.0 Å². The number of hydrogen-bond donors (Lipinski definition) is 1. The Labute approximate surface area is 147 Å². The first kappa shape index (κ1) is 17.6. The van der Waals surface area contributed by atoms with Crippen molar-refractivity contribution in [2.45, 2.75) is 25.1 Å². The molecule has 3 rings (SSSR count). The van der Waals surface area contributed by atoms with Crippen LogP contribution in [0, 0.1) is 17.1 Å². The van der Waals surface area contributed by atoms with E-state index in [1.165, 1.54) is 18.2 Å². The number of aliphatic hydroxyl groups is 1. The highest BCUT2D eigenvalue weighted by Gasteiger charge is 2.26. The van der Waals surface area contributed by atoms with Crippen LogP contribution in [0.1, 0.15) is 29.2 Å². The molecule has 1 aliphatic rings. The van der Waals surface area contributed by atoms with Crippen LogP contribution in [0.5, 0.6) is 0 Å². The van der Waals surface area contributed by atoms with E-state index in [2.05, 4.69) is 11.0 Å². The molecule has 1 fully saturated rings. The third-order valence-corrected chi connectivity index (χ3v) is 4.59. The summed E-state index contributed by atoms with van der Waals surface area (Å²) in [5, 5.41) is 19.8. The molecule has 1 aliphatic heterocycles. The monoisotopic (exact) mass is 340 g/mol. The summed E-state index contributed by atoms with van der Waals surface area (Å²) in [5.74, 6) is -0.344. The number of rotatable bonds is 5. The standard InChI is InChI=1S/C20H21FN2O2/c21-18-7-6-16(12-22)17(10-18)13-23-8-9-25-14-19(23)11-20(24)15-4-2-1-3-5-15/h1-7,10,19-20,24H,8-9,11,13-14H2. The fourth-order valence-corrected chi connectivity index (χ4v) is 3.20. The van der Waals surface area contributed by atoms with Crippen LogP contribution in [0.2, 0.25) is 0 Å². The van der Waals surface area contributed by atoms with E-state index in [0.29, 0.717) is 43.9 Å². The summed E-state index contributed by atoms with van der Waals surface area (Å²) in [6.07, 6.45) is -0.0559. The van der Waals surface area contributed by atoms with Crippen LogP contribution in [0.4, 0.5) is 4.39 Å². The van der Waals surface area contributed by atoms with Gasteiger partial charge in [0.25, 0.3) is 0 Å². The smallest absolute Gasteiger partial charge is 0.123 e. The zero-order chi connectivity index (χ0) is 17.6. The summed E-state index contributed by atoms with van der Waals surface area (Å²) >= 11 is 0. The number of halogens is 1. The minimum absolute atomic E-state index is 0.0127. The van der Waals surface area contributed by atoms with Gasteiger partial charge in [-0.25, -0.2) is 4.39 Å². The second kappa shape index (κ2) is 8.21. The Morgan fingerprint density at radius 2 is 2.08 bits per heavy atom. The molecule has 2 unspecified atom stereocenters. The Kier molecular flexibility index (Phi) is 5.77. The Hall–Kier alpha value is -2.26. The van der Waals surface area contributed by atoms with Crippen molar-refractivity contribution in [3.05, 3.63) is 71.0 Å². The molecular formula is C20H21FN2O2. The number of aliphatic hydroxyl groups excluding tert-OH is 1. The van der Waals surface area contributed by atoms with Gasteiger partial charge in [-0.15, -0.1) is 0 Å². The molecule has 4 nitrogen and oxygen atoms in total. The van der Waals surface area contributed by atoms with Gasteiger partial charge < -0.3 is 9.84 Å². The highest BCUT2D eigenvalue weighted by atomic mass is 19.1. The fourth-order valence-electron chi connectivity index (χ4n) is 3.20. The largest absolute Gasteiger partial charge is 0.388 e. The van der Waals surface area contributed by atoms with Crippen LogP contribution in [-0.4, -0.2) is 35.8 Å². The van der Waals surface area contributed by atoms with E-state index in [1.807, 2.05) is 30.3 Å². The number of benzene rings is 2. The van der Waals surface area contributed by atoms with Gasteiger partial charge in [-0.1, -0.05) is 30.3 Å². The van der Waals surface area contributed by atoms with E-state index >= 15 is 0 Å². The summed E-state index contributed by atoms with van der Waals surface area (Å²) in [7, 11) is 0. The molecule has 2 aromatic carbocycles. The van der Waals surface area contributed by atoms with Crippen LogP contribution < -0.4 is 0 Å². The average Bonchev–Trinajstić information content (AvgIpc) is 2.64. The summed E-state index contributed by atoms with van der Waals surface area (Å²) < 4.78 is 19.1. The highest BCUT2D eigenvalue weighted by molar-refractivity contribution is 5.37. The topological polar surface area (TPSA) is 56.5 Å². The normalized spacial score (nSPS) is 19.3. The summed E-state index contributed by atoms with van der Waals surface area (Å²) in [4.78, 5) is 2.16. The molecule has 0 radical (unpaired) electrons. The van der Waals surface area contributed by atoms with E-state index in [-0.39, 0.29) is 11.9 Å². The molecule has 1 N–H and O–H groups in total. The average molecular weight is 340 g/mol. The first-order chi connectivity index (χ1) is 12.2. The number of morpholine rings is 1. The lowest BCUT2D eigenvalue weighted by Gasteiger charge is -2.36. The van der Waals surface area contributed by atoms with E-state index in [4.69, 9.17) is 4.74 Å². The zero-order valence-corrected chi connectivity index (χ0v) is 13.9. The Morgan fingerprint density at radius 1 is 1.28 bits per heavy atom. The van der Waals surface area contributed by atoms with Crippen LogP contribution in [0.3, 0.4) is 0 Å². The maximum absolute atomic E-state index is 13.6. The lowest BCUT2D eigenvalue weighted by molar-refractivity contribution is -0.0300. The molecule has 1 saturated heterocycles. The van der Waals surface area contributed by atoms with Gasteiger partial charge in [0.1, 0.15) is 5.82 Å². The van der Waals surface area contributed by atoms with Gasteiger partial charge in [-0.05, 0) is 35.7 Å². The van der Waals surface area contributed by atoms with Crippen molar-refractivity contribution in [2.24, 2.45) is 0 Å². The Morgan fingerprint density at radius 3 is 2.84 bits per heavy atom. The third kappa shape index (κ3) is 4.43. The van der Waals surface area contributed by atoms with Gasteiger partial charge in [0.2, 0.25) is 0 Å². The number of nitriles is 1. The summed E-state index contributed by atoms with van der Waals surface area (Å²) in [6, 6.07) is 15.9. The van der Waals surface area contributed by atoms with E-state index in [1.54, 1.807) is 0 Å². The lowest BCUT2D eigenvalue weighted by Crippen LogP contribution is -2.45.